The second-order valence-corrected chi connectivity index (χ2v) is 5.59. The highest BCUT2D eigenvalue weighted by Crippen LogP contribution is 2.21. The van der Waals surface area contributed by atoms with Crippen LogP contribution >= 0.6 is 0 Å². The Morgan fingerprint density at radius 1 is 1.37 bits per heavy atom. The highest BCUT2D eigenvalue weighted by atomic mass is 16.6. The van der Waals surface area contributed by atoms with Gasteiger partial charge in [0.05, 0.1) is 19.6 Å². The van der Waals surface area contributed by atoms with Crippen molar-refractivity contribution >= 4 is 12.1 Å². The van der Waals surface area contributed by atoms with Crippen molar-refractivity contribution in [2.75, 3.05) is 13.7 Å². The molecule has 1 saturated heterocycles. The zero-order valence-electron chi connectivity index (χ0n) is 12.1. The number of nitrogens with zero attached hydrogens (tertiary/aromatic N) is 1. The first-order chi connectivity index (χ1) is 8.83. The lowest BCUT2D eigenvalue weighted by atomic mass is 10.2. The van der Waals surface area contributed by atoms with Gasteiger partial charge in [-0.1, -0.05) is 12.2 Å². The van der Waals surface area contributed by atoms with Gasteiger partial charge in [0.25, 0.3) is 0 Å². The maximum atomic E-state index is 12.0. The molecule has 1 aliphatic rings. The largest absolute Gasteiger partial charge is 0.469 e. The van der Waals surface area contributed by atoms with Crippen LogP contribution in [0.15, 0.2) is 12.2 Å². The van der Waals surface area contributed by atoms with Gasteiger partial charge in [-0.3, -0.25) is 4.79 Å². The second kappa shape index (κ2) is 6.59. The van der Waals surface area contributed by atoms with Crippen molar-refractivity contribution in [1.29, 1.82) is 0 Å². The monoisotopic (exact) mass is 269 g/mol. The van der Waals surface area contributed by atoms with E-state index in [1.165, 1.54) is 7.11 Å². The van der Waals surface area contributed by atoms with Gasteiger partial charge in [0.2, 0.25) is 0 Å². The van der Waals surface area contributed by atoms with Gasteiger partial charge in [0, 0.05) is 6.54 Å². The number of likely N-dealkylation sites (tertiary alicyclic amines) is 1. The molecule has 0 aliphatic carbocycles. The number of methoxy groups -OCH3 is 1. The third-order valence-electron chi connectivity index (χ3n) is 2.80. The van der Waals surface area contributed by atoms with E-state index < -0.39 is 5.60 Å². The Morgan fingerprint density at radius 3 is 2.63 bits per heavy atom. The molecule has 19 heavy (non-hydrogen) atoms. The summed E-state index contributed by atoms with van der Waals surface area (Å²) in [5.41, 5.74) is -0.486. The van der Waals surface area contributed by atoms with Crippen molar-refractivity contribution in [1.82, 2.24) is 4.90 Å². The van der Waals surface area contributed by atoms with E-state index in [2.05, 4.69) is 4.74 Å². The summed E-state index contributed by atoms with van der Waals surface area (Å²) in [7, 11) is 1.36. The topological polar surface area (TPSA) is 55.8 Å². The third-order valence-corrected chi connectivity index (χ3v) is 2.80. The first kappa shape index (κ1) is 15.5. The average Bonchev–Trinajstić information content (AvgIpc) is 2.75. The number of carbonyl (C=O) groups excluding carboxylic acids is 2. The maximum absolute atomic E-state index is 12.0. The third kappa shape index (κ3) is 5.32. The van der Waals surface area contributed by atoms with Gasteiger partial charge >= 0.3 is 12.1 Å². The summed E-state index contributed by atoms with van der Waals surface area (Å²) in [6.45, 7) is 6.25. The quantitative estimate of drug-likeness (QED) is 0.583. The van der Waals surface area contributed by atoms with Crippen LogP contribution in [0.1, 0.15) is 40.0 Å². The summed E-state index contributed by atoms with van der Waals surface area (Å²) in [5.74, 6) is -0.280. The summed E-state index contributed by atoms with van der Waals surface area (Å²) in [4.78, 5) is 24.7. The molecule has 0 aromatic carbocycles. The van der Waals surface area contributed by atoms with Crippen LogP contribution in [0.3, 0.4) is 0 Å². The SMILES string of the molecule is COC(=O)C/C=C/[C@@H]1CCCN1C(=O)OC(C)(C)C. The lowest BCUT2D eigenvalue weighted by Gasteiger charge is -2.27. The predicted octanol–water partition coefficient (Wildman–Crippen LogP) is 2.51. The molecule has 0 saturated carbocycles. The molecule has 1 amide bonds. The molecular formula is C14H23NO4. The van der Waals surface area contributed by atoms with E-state index in [9.17, 15) is 9.59 Å². The van der Waals surface area contributed by atoms with E-state index in [1.807, 2.05) is 26.8 Å². The molecule has 0 N–H and O–H groups in total. The van der Waals surface area contributed by atoms with Crippen LogP contribution in [0.5, 0.6) is 0 Å². The molecule has 0 bridgehead atoms. The fraction of sp³-hybridized carbons (Fsp3) is 0.714. The average molecular weight is 269 g/mol. The van der Waals surface area contributed by atoms with Gasteiger partial charge in [-0.05, 0) is 33.6 Å². The number of amides is 1. The summed E-state index contributed by atoms with van der Waals surface area (Å²) in [6, 6.07) is 0.0134. The van der Waals surface area contributed by atoms with Gasteiger partial charge in [0.1, 0.15) is 5.60 Å². The van der Waals surface area contributed by atoms with Crippen LogP contribution in [0.2, 0.25) is 0 Å². The number of ether oxygens (including phenoxy) is 2. The minimum Gasteiger partial charge on any atom is -0.469 e. The molecule has 0 aromatic heterocycles. The Morgan fingerprint density at radius 2 is 2.05 bits per heavy atom. The van der Waals surface area contributed by atoms with E-state index in [1.54, 1.807) is 11.0 Å². The number of hydrogen-bond donors (Lipinski definition) is 0. The molecule has 0 spiro atoms. The minimum atomic E-state index is -0.486. The van der Waals surface area contributed by atoms with Crippen molar-refractivity contribution in [3.8, 4) is 0 Å². The predicted molar refractivity (Wildman–Crippen MR) is 71.7 cm³/mol. The van der Waals surface area contributed by atoms with Gasteiger partial charge in [-0.15, -0.1) is 0 Å². The summed E-state index contributed by atoms with van der Waals surface area (Å²) in [6.07, 6.45) is 5.42. The molecule has 5 nitrogen and oxygen atoms in total. The van der Waals surface area contributed by atoms with Gasteiger partial charge in [-0.2, -0.15) is 0 Å². The molecule has 0 aromatic rings. The Balaban J connectivity index is 2.54. The lowest BCUT2D eigenvalue weighted by molar-refractivity contribution is -0.139. The zero-order valence-corrected chi connectivity index (χ0v) is 12.1. The molecule has 1 atom stereocenters. The first-order valence-electron chi connectivity index (χ1n) is 6.56. The molecule has 1 aliphatic heterocycles. The Hall–Kier alpha value is -1.52. The van der Waals surface area contributed by atoms with Crippen molar-refractivity contribution in [2.24, 2.45) is 0 Å². The molecular weight excluding hydrogens is 246 g/mol. The molecule has 1 heterocycles. The standard InChI is InChI=1S/C14H23NO4/c1-14(2,3)19-13(17)15-10-6-8-11(15)7-5-9-12(16)18-4/h5,7,11H,6,8-10H2,1-4H3/b7-5+/t11-/m1/s1. The van der Waals surface area contributed by atoms with Crippen molar-refractivity contribution in [3.05, 3.63) is 12.2 Å². The van der Waals surface area contributed by atoms with Gasteiger partial charge in [-0.25, -0.2) is 4.79 Å². The van der Waals surface area contributed by atoms with Crippen molar-refractivity contribution in [2.45, 2.75) is 51.7 Å². The normalized spacial score (nSPS) is 19.8. The fourth-order valence-electron chi connectivity index (χ4n) is 1.94. The van der Waals surface area contributed by atoms with E-state index in [4.69, 9.17) is 4.74 Å². The molecule has 1 rings (SSSR count). The van der Waals surface area contributed by atoms with Gasteiger partial charge < -0.3 is 14.4 Å². The van der Waals surface area contributed by atoms with E-state index in [0.29, 0.717) is 6.54 Å². The number of carbonyl (C=O) groups is 2. The van der Waals surface area contributed by atoms with Crippen LogP contribution < -0.4 is 0 Å². The number of rotatable bonds is 3. The number of esters is 1. The smallest absolute Gasteiger partial charge is 0.410 e. The number of hydrogen-bond acceptors (Lipinski definition) is 4. The minimum absolute atomic E-state index is 0.0134. The highest BCUT2D eigenvalue weighted by Gasteiger charge is 2.30. The maximum Gasteiger partial charge on any atom is 0.410 e. The Labute approximate surface area is 114 Å². The van der Waals surface area contributed by atoms with E-state index in [-0.39, 0.29) is 24.5 Å². The molecule has 0 radical (unpaired) electrons. The van der Waals surface area contributed by atoms with Crippen LogP contribution in [0.25, 0.3) is 0 Å². The lowest BCUT2D eigenvalue weighted by Crippen LogP contribution is -2.39. The van der Waals surface area contributed by atoms with E-state index in [0.717, 1.165) is 12.8 Å². The second-order valence-electron chi connectivity index (χ2n) is 5.59. The summed E-state index contributed by atoms with van der Waals surface area (Å²) in [5, 5.41) is 0. The summed E-state index contributed by atoms with van der Waals surface area (Å²) < 4.78 is 9.92. The molecule has 5 heteroatoms. The first-order valence-corrected chi connectivity index (χ1v) is 6.56. The Bertz CT molecular complexity index is 357. The van der Waals surface area contributed by atoms with Crippen LogP contribution in [0.4, 0.5) is 4.79 Å². The highest BCUT2D eigenvalue weighted by molar-refractivity contribution is 5.71. The van der Waals surface area contributed by atoms with Gasteiger partial charge in [0.15, 0.2) is 0 Å². The van der Waals surface area contributed by atoms with Crippen molar-refractivity contribution < 1.29 is 19.1 Å². The van der Waals surface area contributed by atoms with Crippen LogP contribution in [0, 0.1) is 0 Å². The molecule has 108 valence electrons. The molecule has 1 fully saturated rings. The Kier molecular flexibility index (Phi) is 5.39. The zero-order chi connectivity index (χ0) is 14.5. The van der Waals surface area contributed by atoms with Crippen molar-refractivity contribution in [3.63, 3.8) is 0 Å². The fourth-order valence-corrected chi connectivity index (χ4v) is 1.94. The van der Waals surface area contributed by atoms with Crippen LogP contribution in [-0.2, 0) is 14.3 Å². The van der Waals surface area contributed by atoms with Crippen LogP contribution in [-0.4, -0.2) is 42.3 Å². The summed E-state index contributed by atoms with van der Waals surface area (Å²) >= 11 is 0. The molecule has 0 unspecified atom stereocenters. The van der Waals surface area contributed by atoms with E-state index >= 15 is 0 Å².